The first kappa shape index (κ1) is 18.1. The van der Waals surface area contributed by atoms with Crippen LogP contribution in [-0.4, -0.2) is 25.7 Å². The molecule has 150 valence electrons. The number of carbonyl (C=O) groups excluding carboxylic acids is 1. The topological polar surface area (TPSA) is 68.6 Å². The van der Waals surface area contributed by atoms with E-state index in [0.29, 0.717) is 12.8 Å². The van der Waals surface area contributed by atoms with Crippen LogP contribution in [0.1, 0.15) is 47.1 Å². The van der Waals surface area contributed by atoms with Crippen LogP contribution in [0.2, 0.25) is 0 Å². The van der Waals surface area contributed by atoms with Crippen LogP contribution >= 0.6 is 0 Å². The second kappa shape index (κ2) is 6.91. The molecule has 1 spiro atoms. The molecule has 3 aromatic heterocycles. The largest absolute Gasteiger partial charge is 0.300 e. The SMILES string of the molecule is O=C1C[C@@H](c2cccnc2)C2(c3ccccc3-c3nccnc32)[C@H](c2cccnc2)C1. The standard InChI is InChI=1S/C26H20N4O/c31-19-13-22(17-5-3-9-27-15-17)26(23(14-19)18-6-4-10-28-16-18)21-8-2-1-7-20(21)24-25(26)30-12-11-29-24/h1-12,15-16,22-23H,13-14H2/t22-,23-/m0/s1. The highest BCUT2D eigenvalue weighted by molar-refractivity contribution is 5.87. The Morgan fingerprint density at radius 1 is 0.742 bits per heavy atom. The maximum atomic E-state index is 13.1. The van der Waals surface area contributed by atoms with E-state index in [4.69, 9.17) is 9.97 Å². The molecule has 2 aliphatic rings. The fourth-order valence-electron chi connectivity index (χ4n) is 5.75. The number of hydrogen-bond acceptors (Lipinski definition) is 5. The highest BCUT2D eigenvalue weighted by Gasteiger charge is 2.59. The number of rotatable bonds is 2. The number of fused-ring (bicyclic) bond motifs is 5. The molecular formula is C26H20N4O. The van der Waals surface area contributed by atoms with Gasteiger partial charge in [-0.25, -0.2) is 0 Å². The Balaban J connectivity index is 1.73. The average Bonchev–Trinajstić information content (AvgIpc) is 3.13. The van der Waals surface area contributed by atoms with E-state index in [1.54, 1.807) is 24.8 Å². The summed E-state index contributed by atoms with van der Waals surface area (Å²) in [6.45, 7) is 0. The molecule has 5 nitrogen and oxygen atoms in total. The van der Waals surface area contributed by atoms with Gasteiger partial charge in [-0.1, -0.05) is 36.4 Å². The van der Waals surface area contributed by atoms with Gasteiger partial charge in [-0.15, -0.1) is 0 Å². The van der Waals surface area contributed by atoms with E-state index < -0.39 is 5.41 Å². The molecule has 31 heavy (non-hydrogen) atoms. The van der Waals surface area contributed by atoms with Gasteiger partial charge in [-0.05, 0) is 28.8 Å². The summed E-state index contributed by atoms with van der Waals surface area (Å²) in [6, 6.07) is 16.5. The summed E-state index contributed by atoms with van der Waals surface area (Å²) in [5.41, 5.74) is 5.74. The van der Waals surface area contributed by atoms with Crippen LogP contribution in [-0.2, 0) is 10.2 Å². The zero-order valence-electron chi connectivity index (χ0n) is 16.8. The quantitative estimate of drug-likeness (QED) is 0.493. The van der Waals surface area contributed by atoms with E-state index in [2.05, 4.69) is 40.3 Å². The third-order valence-corrected chi connectivity index (χ3v) is 6.85. The number of pyridine rings is 2. The van der Waals surface area contributed by atoms with E-state index in [-0.39, 0.29) is 17.6 Å². The fourth-order valence-corrected chi connectivity index (χ4v) is 5.75. The number of hydrogen-bond donors (Lipinski definition) is 0. The molecule has 0 radical (unpaired) electrons. The Hall–Kier alpha value is -3.73. The highest BCUT2D eigenvalue weighted by atomic mass is 16.1. The molecule has 0 amide bonds. The molecule has 1 fully saturated rings. The fraction of sp³-hybridized carbons (Fsp3) is 0.192. The van der Waals surface area contributed by atoms with Crippen molar-refractivity contribution in [1.29, 1.82) is 0 Å². The number of carbonyl (C=O) groups is 1. The third kappa shape index (κ3) is 2.53. The number of aromatic nitrogens is 4. The lowest BCUT2D eigenvalue weighted by Crippen LogP contribution is -2.45. The van der Waals surface area contributed by atoms with Gasteiger partial charge in [0.15, 0.2) is 0 Å². The second-order valence-electron chi connectivity index (χ2n) is 8.29. The summed E-state index contributed by atoms with van der Waals surface area (Å²) < 4.78 is 0. The maximum absolute atomic E-state index is 13.1. The molecular weight excluding hydrogens is 384 g/mol. The molecule has 4 aromatic rings. The first-order valence-corrected chi connectivity index (χ1v) is 10.5. The van der Waals surface area contributed by atoms with E-state index >= 15 is 0 Å². The molecule has 0 unspecified atom stereocenters. The van der Waals surface area contributed by atoms with Crippen LogP contribution in [0.5, 0.6) is 0 Å². The van der Waals surface area contributed by atoms with Crippen LogP contribution in [0.15, 0.2) is 85.7 Å². The molecule has 0 aliphatic heterocycles. The zero-order chi connectivity index (χ0) is 20.8. The minimum atomic E-state index is -0.514. The van der Waals surface area contributed by atoms with Gasteiger partial charge < -0.3 is 0 Å². The second-order valence-corrected chi connectivity index (χ2v) is 8.29. The van der Waals surface area contributed by atoms with Gasteiger partial charge in [0, 0.05) is 67.4 Å². The normalized spacial score (nSPS) is 21.0. The Bertz CT molecular complexity index is 1170. The van der Waals surface area contributed by atoms with Crippen LogP contribution < -0.4 is 0 Å². The molecule has 0 N–H and O–H groups in total. The Morgan fingerprint density at radius 2 is 1.39 bits per heavy atom. The van der Waals surface area contributed by atoms with E-state index in [9.17, 15) is 4.79 Å². The number of benzene rings is 1. The van der Waals surface area contributed by atoms with Crippen molar-refractivity contribution < 1.29 is 4.79 Å². The lowest BCUT2D eigenvalue weighted by atomic mass is 9.53. The van der Waals surface area contributed by atoms with E-state index in [0.717, 1.165) is 28.1 Å². The molecule has 5 heteroatoms. The summed E-state index contributed by atoms with van der Waals surface area (Å²) in [7, 11) is 0. The minimum absolute atomic E-state index is 0.0910. The van der Waals surface area contributed by atoms with Gasteiger partial charge in [0.1, 0.15) is 5.78 Å². The van der Waals surface area contributed by atoms with Gasteiger partial charge in [-0.3, -0.25) is 24.7 Å². The van der Waals surface area contributed by atoms with Crippen molar-refractivity contribution in [3.63, 3.8) is 0 Å². The molecule has 1 saturated carbocycles. The summed E-state index contributed by atoms with van der Waals surface area (Å²) in [5.74, 6) is 0.0710. The highest BCUT2D eigenvalue weighted by Crippen LogP contribution is 2.64. The Kier molecular flexibility index (Phi) is 4.03. The maximum Gasteiger partial charge on any atom is 0.134 e. The number of nitrogens with zero attached hydrogens (tertiary/aromatic N) is 4. The van der Waals surface area contributed by atoms with Crippen LogP contribution in [0, 0.1) is 0 Å². The van der Waals surface area contributed by atoms with Crippen LogP contribution in [0.3, 0.4) is 0 Å². The van der Waals surface area contributed by atoms with Crippen molar-refractivity contribution in [2.45, 2.75) is 30.1 Å². The lowest BCUT2D eigenvalue weighted by molar-refractivity contribution is -0.122. The van der Waals surface area contributed by atoms with E-state index in [1.807, 2.05) is 30.6 Å². The van der Waals surface area contributed by atoms with Crippen LogP contribution in [0.25, 0.3) is 11.3 Å². The first-order chi connectivity index (χ1) is 15.3. The van der Waals surface area contributed by atoms with Gasteiger partial charge >= 0.3 is 0 Å². The van der Waals surface area contributed by atoms with Crippen molar-refractivity contribution in [1.82, 2.24) is 19.9 Å². The Labute approximate surface area is 180 Å². The monoisotopic (exact) mass is 404 g/mol. The Morgan fingerprint density at radius 3 is 2.03 bits per heavy atom. The zero-order valence-corrected chi connectivity index (χ0v) is 16.8. The molecule has 2 aliphatic carbocycles. The van der Waals surface area contributed by atoms with Crippen molar-refractivity contribution in [2.75, 3.05) is 0 Å². The van der Waals surface area contributed by atoms with Crippen molar-refractivity contribution in [3.05, 3.63) is 108 Å². The van der Waals surface area contributed by atoms with Crippen LogP contribution in [0.4, 0.5) is 0 Å². The van der Waals surface area contributed by atoms with Crippen molar-refractivity contribution in [2.24, 2.45) is 0 Å². The number of Topliss-reactive ketones (excluding diaryl/α,β-unsaturated/α-hetero) is 1. The summed E-state index contributed by atoms with van der Waals surface area (Å²) >= 11 is 0. The van der Waals surface area contributed by atoms with Crippen molar-refractivity contribution >= 4 is 5.78 Å². The molecule has 2 atom stereocenters. The predicted molar refractivity (Wildman–Crippen MR) is 116 cm³/mol. The molecule has 0 saturated heterocycles. The summed E-state index contributed by atoms with van der Waals surface area (Å²) in [5, 5.41) is 0. The van der Waals surface area contributed by atoms with E-state index in [1.165, 1.54) is 5.56 Å². The van der Waals surface area contributed by atoms with Gasteiger partial charge in [0.25, 0.3) is 0 Å². The van der Waals surface area contributed by atoms with Gasteiger partial charge in [-0.2, -0.15) is 0 Å². The average molecular weight is 404 g/mol. The first-order valence-electron chi connectivity index (χ1n) is 10.5. The van der Waals surface area contributed by atoms with Gasteiger partial charge in [0.2, 0.25) is 0 Å². The molecule has 3 heterocycles. The molecule has 1 aromatic carbocycles. The summed E-state index contributed by atoms with van der Waals surface area (Å²) in [6.07, 6.45) is 11.7. The number of ketones is 1. The molecule has 0 bridgehead atoms. The van der Waals surface area contributed by atoms with Crippen molar-refractivity contribution in [3.8, 4) is 11.3 Å². The minimum Gasteiger partial charge on any atom is -0.300 e. The van der Waals surface area contributed by atoms with Gasteiger partial charge in [0.05, 0.1) is 16.8 Å². The smallest absolute Gasteiger partial charge is 0.134 e. The predicted octanol–water partition coefficient (Wildman–Crippen LogP) is 4.46. The summed E-state index contributed by atoms with van der Waals surface area (Å²) in [4.78, 5) is 31.6. The molecule has 6 rings (SSSR count). The lowest BCUT2D eigenvalue weighted by Gasteiger charge is -2.47. The third-order valence-electron chi connectivity index (χ3n) is 6.85.